The lowest BCUT2D eigenvalue weighted by Gasteiger charge is -2.06. The maximum atomic E-state index is 12.0. The lowest BCUT2D eigenvalue weighted by Crippen LogP contribution is -2.14. The standard InChI is InChI=1S/C17H17N5O2S/c1-22-16(11-2-8-14(23)9-3-11)20-21-17(22)25-10-15(24)19-13-6-4-12(18)5-7-13/h2-9,23H,10,18H2,1H3,(H,19,24). The Labute approximate surface area is 148 Å². The van der Waals surface area contributed by atoms with E-state index in [2.05, 4.69) is 15.5 Å². The second-order valence-corrected chi connectivity index (χ2v) is 6.31. The number of carbonyl (C=O) groups is 1. The number of aromatic nitrogens is 3. The van der Waals surface area contributed by atoms with Gasteiger partial charge in [0.15, 0.2) is 11.0 Å². The van der Waals surface area contributed by atoms with Gasteiger partial charge in [0.05, 0.1) is 5.75 Å². The summed E-state index contributed by atoms with van der Waals surface area (Å²) in [5.41, 5.74) is 7.80. The van der Waals surface area contributed by atoms with Crippen LogP contribution in [-0.2, 0) is 11.8 Å². The summed E-state index contributed by atoms with van der Waals surface area (Å²) in [5, 5.41) is 21.1. The number of thioether (sulfide) groups is 1. The summed E-state index contributed by atoms with van der Waals surface area (Å²) in [5.74, 6) is 0.941. The predicted octanol–water partition coefficient (Wildman–Crippen LogP) is 2.50. The molecule has 0 unspecified atom stereocenters. The topological polar surface area (TPSA) is 106 Å². The second-order valence-electron chi connectivity index (χ2n) is 5.37. The number of phenolic OH excluding ortho intramolecular Hbond substituents is 1. The summed E-state index contributed by atoms with van der Waals surface area (Å²) in [6.45, 7) is 0. The largest absolute Gasteiger partial charge is 0.508 e. The normalized spacial score (nSPS) is 10.6. The van der Waals surface area contributed by atoms with Crippen molar-refractivity contribution in [3.63, 3.8) is 0 Å². The van der Waals surface area contributed by atoms with Gasteiger partial charge in [-0.3, -0.25) is 4.79 Å². The molecule has 128 valence electrons. The lowest BCUT2D eigenvalue weighted by molar-refractivity contribution is -0.113. The minimum absolute atomic E-state index is 0.135. The number of carbonyl (C=O) groups excluding carboxylic acids is 1. The van der Waals surface area contributed by atoms with Crippen molar-refractivity contribution in [3.8, 4) is 17.1 Å². The van der Waals surface area contributed by atoms with Crippen LogP contribution in [0, 0.1) is 0 Å². The Bertz CT molecular complexity index is 875. The summed E-state index contributed by atoms with van der Waals surface area (Å²) in [6, 6.07) is 13.7. The molecule has 7 nitrogen and oxygen atoms in total. The molecule has 0 atom stereocenters. The Balaban J connectivity index is 1.62. The Hall–Kier alpha value is -3.00. The van der Waals surface area contributed by atoms with Crippen LogP contribution in [0.1, 0.15) is 0 Å². The second kappa shape index (κ2) is 7.27. The number of nitrogens with two attached hydrogens (primary N) is 1. The zero-order valence-corrected chi connectivity index (χ0v) is 14.3. The number of anilines is 2. The van der Waals surface area contributed by atoms with Crippen LogP contribution < -0.4 is 11.1 Å². The number of nitrogens with zero attached hydrogens (tertiary/aromatic N) is 3. The van der Waals surface area contributed by atoms with E-state index in [1.165, 1.54) is 11.8 Å². The molecule has 0 saturated carbocycles. The quantitative estimate of drug-likeness (QED) is 0.480. The molecule has 0 aliphatic rings. The highest BCUT2D eigenvalue weighted by atomic mass is 32.2. The predicted molar refractivity (Wildman–Crippen MR) is 98.3 cm³/mol. The number of aromatic hydroxyl groups is 1. The van der Waals surface area contributed by atoms with Gasteiger partial charge < -0.3 is 20.7 Å². The van der Waals surface area contributed by atoms with Crippen LogP contribution >= 0.6 is 11.8 Å². The van der Waals surface area contributed by atoms with Gasteiger partial charge in [0, 0.05) is 24.0 Å². The van der Waals surface area contributed by atoms with Gasteiger partial charge in [-0.2, -0.15) is 0 Å². The average molecular weight is 355 g/mol. The molecule has 0 aliphatic carbocycles. The molecule has 0 bridgehead atoms. The molecule has 2 aromatic carbocycles. The van der Waals surface area contributed by atoms with E-state index in [0.29, 0.717) is 22.4 Å². The van der Waals surface area contributed by atoms with E-state index in [4.69, 9.17) is 5.73 Å². The van der Waals surface area contributed by atoms with E-state index < -0.39 is 0 Å². The highest BCUT2D eigenvalue weighted by Gasteiger charge is 2.13. The third-order valence-electron chi connectivity index (χ3n) is 3.49. The van der Waals surface area contributed by atoms with Gasteiger partial charge in [0.2, 0.25) is 5.91 Å². The van der Waals surface area contributed by atoms with Crippen LogP contribution in [-0.4, -0.2) is 31.5 Å². The molecule has 0 radical (unpaired) electrons. The molecule has 3 aromatic rings. The van der Waals surface area contributed by atoms with Crippen LogP contribution in [0.25, 0.3) is 11.4 Å². The highest BCUT2D eigenvalue weighted by Crippen LogP contribution is 2.24. The molecule has 1 aromatic heterocycles. The minimum atomic E-state index is -0.135. The van der Waals surface area contributed by atoms with E-state index in [1.54, 1.807) is 48.5 Å². The number of nitrogen functional groups attached to an aromatic ring is 1. The fourth-order valence-corrected chi connectivity index (χ4v) is 2.91. The molecule has 0 spiro atoms. The Morgan fingerprint density at radius 3 is 2.52 bits per heavy atom. The van der Waals surface area contributed by atoms with Crippen molar-refractivity contribution in [1.29, 1.82) is 0 Å². The molecular weight excluding hydrogens is 338 g/mol. The molecule has 4 N–H and O–H groups in total. The Morgan fingerprint density at radius 2 is 1.84 bits per heavy atom. The van der Waals surface area contributed by atoms with Crippen molar-refractivity contribution >= 4 is 29.0 Å². The van der Waals surface area contributed by atoms with Crippen molar-refractivity contribution in [1.82, 2.24) is 14.8 Å². The number of hydrogen-bond acceptors (Lipinski definition) is 6. The van der Waals surface area contributed by atoms with E-state index in [1.807, 2.05) is 11.6 Å². The summed E-state index contributed by atoms with van der Waals surface area (Å²) in [6.07, 6.45) is 0. The van der Waals surface area contributed by atoms with Gasteiger partial charge in [-0.05, 0) is 48.5 Å². The average Bonchev–Trinajstić information content (AvgIpc) is 2.97. The number of hydrogen-bond donors (Lipinski definition) is 3. The lowest BCUT2D eigenvalue weighted by atomic mass is 10.2. The summed E-state index contributed by atoms with van der Waals surface area (Å²) >= 11 is 1.30. The van der Waals surface area contributed by atoms with Crippen molar-refractivity contribution in [2.75, 3.05) is 16.8 Å². The molecule has 0 aliphatic heterocycles. The molecular formula is C17H17N5O2S. The fraction of sp³-hybridized carbons (Fsp3) is 0.118. The van der Waals surface area contributed by atoms with Gasteiger partial charge >= 0.3 is 0 Å². The van der Waals surface area contributed by atoms with Crippen LogP contribution in [0.4, 0.5) is 11.4 Å². The third-order valence-corrected chi connectivity index (χ3v) is 4.51. The van der Waals surface area contributed by atoms with Crippen LogP contribution in [0.15, 0.2) is 53.7 Å². The van der Waals surface area contributed by atoms with Gasteiger partial charge in [-0.25, -0.2) is 0 Å². The first-order valence-electron chi connectivity index (χ1n) is 7.50. The van der Waals surface area contributed by atoms with Crippen LogP contribution in [0.2, 0.25) is 0 Å². The SMILES string of the molecule is Cn1c(SCC(=O)Nc2ccc(N)cc2)nnc1-c1ccc(O)cc1. The summed E-state index contributed by atoms with van der Waals surface area (Å²) in [7, 11) is 1.84. The van der Waals surface area contributed by atoms with Gasteiger partial charge in [-0.15, -0.1) is 10.2 Å². The fourth-order valence-electron chi connectivity index (χ4n) is 2.20. The monoisotopic (exact) mass is 355 g/mol. The highest BCUT2D eigenvalue weighted by molar-refractivity contribution is 7.99. The van der Waals surface area contributed by atoms with E-state index in [0.717, 1.165) is 5.56 Å². The Kier molecular flexibility index (Phi) is 4.90. The molecule has 0 saturated heterocycles. The first-order valence-corrected chi connectivity index (χ1v) is 8.48. The van der Waals surface area contributed by atoms with E-state index in [-0.39, 0.29) is 17.4 Å². The summed E-state index contributed by atoms with van der Waals surface area (Å²) < 4.78 is 1.81. The number of rotatable bonds is 5. The minimum Gasteiger partial charge on any atom is -0.508 e. The number of nitrogens with one attached hydrogen (secondary N) is 1. The maximum absolute atomic E-state index is 12.0. The zero-order valence-electron chi connectivity index (χ0n) is 13.5. The van der Waals surface area contributed by atoms with Crippen molar-refractivity contribution in [2.45, 2.75) is 5.16 Å². The molecule has 8 heteroatoms. The molecule has 1 amide bonds. The Morgan fingerprint density at radius 1 is 1.16 bits per heavy atom. The van der Waals surface area contributed by atoms with Crippen molar-refractivity contribution in [3.05, 3.63) is 48.5 Å². The number of benzene rings is 2. The van der Waals surface area contributed by atoms with E-state index >= 15 is 0 Å². The van der Waals surface area contributed by atoms with Crippen LogP contribution in [0.5, 0.6) is 5.75 Å². The van der Waals surface area contributed by atoms with E-state index in [9.17, 15) is 9.90 Å². The molecule has 25 heavy (non-hydrogen) atoms. The molecule has 1 heterocycles. The first-order chi connectivity index (χ1) is 12.0. The molecule has 0 fully saturated rings. The maximum Gasteiger partial charge on any atom is 0.234 e. The van der Waals surface area contributed by atoms with Gasteiger partial charge in [0.1, 0.15) is 5.75 Å². The van der Waals surface area contributed by atoms with Gasteiger partial charge in [-0.1, -0.05) is 11.8 Å². The number of amides is 1. The zero-order chi connectivity index (χ0) is 17.8. The van der Waals surface area contributed by atoms with Crippen LogP contribution in [0.3, 0.4) is 0 Å². The van der Waals surface area contributed by atoms with Gasteiger partial charge in [0.25, 0.3) is 0 Å². The van der Waals surface area contributed by atoms with Crippen molar-refractivity contribution < 1.29 is 9.90 Å². The summed E-state index contributed by atoms with van der Waals surface area (Å²) in [4.78, 5) is 12.0. The smallest absolute Gasteiger partial charge is 0.234 e. The number of phenols is 1. The first kappa shape index (κ1) is 16.8. The molecule has 3 rings (SSSR count). The third kappa shape index (κ3) is 4.10. The van der Waals surface area contributed by atoms with Crippen molar-refractivity contribution in [2.24, 2.45) is 7.05 Å².